The third-order valence-electron chi connectivity index (χ3n) is 19.5. The van der Waals surface area contributed by atoms with E-state index in [0.29, 0.717) is 6.42 Å². The highest BCUT2D eigenvalue weighted by molar-refractivity contribution is 5.34. The van der Waals surface area contributed by atoms with Gasteiger partial charge < -0.3 is 94.8 Å². The van der Waals surface area contributed by atoms with E-state index in [-0.39, 0.29) is 52.4 Å². The Morgan fingerprint density at radius 2 is 1.13 bits per heavy atom. The minimum atomic E-state index is -1.86. The van der Waals surface area contributed by atoms with E-state index in [9.17, 15) is 66.4 Å². The van der Waals surface area contributed by atoms with E-state index in [1.54, 1.807) is 0 Å². The first-order valence-corrected chi connectivity index (χ1v) is 24.6. The molecule has 19 nitrogen and oxygen atoms in total. The molecule has 3 saturated heterocycles. The Balaban J connectivity index is 1.06. The molecule has 7 fully saturated rings. The van der Waals surface area contributed by atoms with Gasteiger partial charge in [0.1, 0.15) is 73.2 Å². The number of hydrogen-bond donors (Lipinski definition) is 13. The Hall–Kier alpha value is -1.02. The lowest BCUT2D eigenvalue weighted by atomic mass is 9.33. The van der Waals surface area contributed by atoms with Crippen molar-refractivity contribution in [3.8, 4) is 0 Å². The second-order valence-corrected chi connectivity index (χ2v) is 23.6. The average molecular weight is 961 g/mol. The molecule has 0 aromatic rings. The van der Waals surface area contributed by atoms with Crippen LogP contribution in [0.5, 0.6) is 0 Å². The van der Waals surface area contributed by atoms with Crippen LogP contribution in [0.2, 0.25) is 0 Å². The van der Waals surface area contributed by atoms with Crippen molar-refractivity contribution in [3.05, 3.63) is 11.6 Å². The number of hydrogen-bond acceptors (Lipinski definition) is 19. The second-order valence-electron chi connectivity index (χ2n) is 23.6. The van der Waals surface area contributed by atoms with Crippen molar-refractivity contribution < 1.29 is 94.8 Å². The Labute approximate surface area is 392 Å². The number of rotatable bonds is 11. The Kier molecular flexibility index (Phi) is 14.7. The molecule has 67 heavy (non-hydrogen) atoms. The molecule has 0 bridgehead atoms. The molecule has 0 aromatic heterocycles. The zero-order valence-corrected chi connectivity index (χ0v) is 39.8. The summed E-state index contributed by atoms with van der Waals surface area (Å²) in [5, 5.41) is 140. The first kappa shape index (κ1) is 52.3. The van der Waals surface area contributed by atoms with Gasteiger partial charge in [-0.15, -0.1) is 0 Å². The minimum Gasteiger partial charge on any atom is -0.396 e. The number of fused-ring (bicyclic) bond motifs is 7. The molecule has 19 heteroatoms. The van der Waals surface area contributed by atoms with Gasteiger partial charge in [0.15, 0.2) is 18.9 Å². The third kappa shape index (κ3) is 8.32. The summed E-state index contributed by atoms with van der Waals surface area (Å²) in [6.45, 7) is 11.3. The van der Waals surface area contributed by atoms with Crippen molar-refractivity contribution in [2.24, 2.45) is 50.2 Å². The molecule has 3 aliphatic heterocycles. The number of aliphatic hydroxyl groups excluding tert-OH is 13. The lowest BCUT2D eigenvalue weighted by Crippen LogP contribution is -2.70. The normalized spacial score (nSPS) is 55.4. The molecule has 0 amide bonds. The van der Waals surface area contributed by atoms with E-state index < -0.39 is 142 Å². The summed E-state index contributed by atoms with van der Waals surface area (Å²) in [5.74, 6) is -0.00549. The molecule has 0 aromatic carbocycles. The minimum absolute atomic E-state index is 0.0372. The molecular weight excluding hydrogens is 881 g/mol. The highest BCUT2D eigenvalue weighted by Crippen LogP contribution is 2.76. The van der Waals surface area contributed by atoms with Crippen LogP contribution in [0.3, 0.4) is 0 Å². The molecule has 0 spiro atoms. The summed E-state index contributed by atoms with van der Waals surface area (Å²) >= 11 is 0. The van der Waals surface area contributed by atoms with Crippen LogP contribution >= 0.6 is 0 Å². The van der Waals surface area contributed by atoms with E-state index in [2.05, 4.69) is 40.7 Å². The van der Waals surface area contributed by atoms with Crippen LogP contribution in [-0.2, 0) is 28.4 Å². The Morgan fingerprint density at radius 1 is 0.582 bits per heavy atom. The van der Waals surface area contributed by atoms with Gasteiger partial charge in [0, 0.05) is 10.8 Å². The zero-order valence-electron chi connectivity index (χ0n) is 39.8. The van der Waals surface area contributed by atoms with Crippen molar-refractivity contribution in [1.29, 1.82) is 0 Å². The van der Waals surface area contributed by atoms with Crippen molar-refractivity contribution in [2.45, 2.75) is 204 Å². The van der Waals surface area contributed by atoms with Gasteiger partial charge in [0.05, 0.1) is 45.2 Å². The molecule has 25 atom stereocenters. The van der Waals surface area contributed by atoms with Crippen molar-refractivity contribution in [2.75, 3.05) is 33.0 Å². The van der Waals surface area contributed by atoms with Gasteiger partial charge in [-0.3, -0.25) is 0 Å². The quantitative estimate of drug-likeness (QED) is 0.0833. The van der Waals surface area contributed by atoms with Crippen LogP contribution in [0.15, 0.2) is 11.6 Å². The monoisotopic (exact) mass is 961 g/mol. The lowest BCUT2D eigenvalue weighted by molar-refractivity contribution is -0.384. The van der Waals surface area contributed by atoms with E-state index in [1.807, 2.05) is 6.92 Å². The van der Waals surface area contributed by atoms with Crippen LogP contribution in [0.25, 0.3) is 0 Å². The van der Waals surface area contributed by atoms with Gasteiger partial charge >= 0.3 is 0 Å². The third-order valence-corrected chi connectivity index (χ3v) is 19.5. The maximum absolute atomic E-state index is 12.4. The molecule has 8 aliphatic rings. The summed E-state index contributed by atoms with van der Waals surface area (Å²) in [7, 11) is 0. The van der Waals surface area contributed by atoms with Crippen molar-refractivity contribution in [3.63, 3.8) is 0 Å². The van der Waals surface area contributed by atoms with Gasteiger partial charge in [0.25, 0.3) is 0 Å². The number of aliphatic hydroxyl groups is 13. The molecule has 4 saturated carbocycles. The Bertz CT molecular complexity index is 1770. The predicted molar refractivity (Wildman–Crippen MR) is 233 cm³/mol. The summed E-state index contributed by atoms with van der Waals surface area (Å²) in [5.41, 5.74) is -1.00. The maximum Gasteiger partial charge on any atom is 0.187 e. The highest BCUT2D eigenvalue weighted by Gasteiger charge is 2.71. The van der Waals surface area contributed by atoms with Crippen LogP contribution in [0, 0.1) is 50.2 Å². The fraction of sp³-hybridized carbons (Fsp3) is 0.958. The molecule has 13 N–H and O–H groups in total. The first-order chi connectivity index (χ1) is 31.4. The largest absolute Gasteiger partial charge is 0.396 e. The molecule has 0 unspecified atom stereocenters. The summed E-state index contributed by atoms with van der Waals surface area (Å²) < 4.78 is 36.3. The Morgan fingerprint density at radius 3 is 1.73 bits per heavy atom. The molecule has 386 valence electrons. The van der Waals surface area contributed by atoms with Crippen molar-refractivity contribution in [1.82, 2.24) is 0 Å². The van der Waals surface area contributed by atoms with E-state index >= 15 is 0 Å². The zero-order chi connectivity index (χ0) is 49.0. The van der Waals surface area contributed by atoms with Crippen LogP contribution in [0.1, 0.15) is 99.3 Å². The average Bonchev–Trinajstić information content (AvgIpc) is 3.29. The molecule has 8 rings (SSSR count). The fourth-order valence-corrected chi connectivity index (χ4v) is 15.2. The molecule has 3 heterocycles. The van der Waals surface area contributed by atoms with E-state index in [4.69, 9.17) is 28.4 Å². The van der Waals surface area contributed by atoms with E-state index in [0.717, 1.165) is 44.9 Å². The van der Waals surface area contributed by atoms with Gasteiger partial charge in [-0.1, -0.05) is 53.2 Å². The van der Waals surface area contributed by atoms with Crippen LogP contribution < -0.4 is 0 Å². The molecular formula is C48H80O19. The highest BCUT2D eigenvalue weighted by atomic mass is 16.8. The standard InChI is InChI=1S/C48H80O19/c1-43(2)11-13-48(21-62-40-36(60)33(57)30(54)25(17-49)63-40)14-12-46(5)22(23(48)15-43)7-8-29-44(3)16-24(53)39(45(4,20-52)28(44)9-10-47(29,46)6)67-42-38(35(59)32(56)27(19-51)65-42)66-41-37(61)34(58)31(55)26(18-50)64-41/h7,23-42,49-61H,8-21H2,1-6H3/t23-,24-,25+,26+,27+,28+,29+,30+,31-,32+,33-,34-,35-,36+,37+,38+,39-,40+,41-,42-,44-,45-,46+,47+,48+/m0/s1. The fourth-order valence-electron chi connectivity index (χ4n) is 15.2. The van der Waals surface area contributed by atoms with Gasteiger partial charge in [-0.25, -0.2) is 0 Å². The number of allylic oxidation sites excluding steroid dienone is 2. The van der Waals surface area contributed by atoms with Gasteiger partial charge in [0.2, 0.25) is 0 Å². The summed E-state index contributed by atoms with van der Waals surface area (Å²) in [6.07, 6.45) is -16.3. The summed E-state index contributed by atoms with van der Waals surface area (Å²) in [4.78, 5) is 0. The van der Waals surface area contributed by atoms with Gasteiger partial charge in [-0.05, 0) is 97.2 Å². The molecule has 0 radical (unpaired) electrons. The SMILES string of the molecule is CC1(C)CC[C@]2(CO[C@@H]3O[C@H](CO)[C@@H](O)[C@H](O)[C@H]3O)CC[C@]3(C)C(=CC[C@@H]4[C@@]5(C)C[C@H](O)[C@H](O[C@@H]6O[C@H](CO)[C@@H](O)[C@H](O)[C@H]6O[C@@H]6O[C@H](CO)[C@H](O)[C@H](O)[C@H]6O)[C@@](C)(CO)[C@@H]5CC[C@]43C)[C@@H]2C1. The lowest BCUT2D eigenvalue weighted by Gasteiger charge is -2.72. The van der Waals surface area contributed by atoms with Crippen LogP contribution in [-0.4, -0.2) is 204 Å². The molecule has 5 aliphatic carbocycles. The van der Waals surface area contributed by atoms with Gasteiger partial charge in [-0.2, -0.15) is 0 Å². The van der Waals surface area contributed by atoms with E-state index in [1.165, 1.54) is 5.57 Å². The summed E-state index contributed by atoms with van der Waals surface area (Å²) in [6, 6.07) is 0. The topological polar surface area (TPSA) is 318 Å². The van der Waals surface area contributed by atoms with Crippen LogP contribution in [0.4, 0.5) is 0 Å². The predicted octanol–water partition coefficient (Wildman–Crippen LogP) is -1.44. The first-order valence-electron chi connectivity index (χ1n) is 24.6. The second kappa shape index (κ2) is 18.8. The smallest absolute Gasteiger partial charge is 0.187 e. The number of ether oxygens (including phenoxy) is 6. The van der Waals surface area contributed by atoms with Crippen molar-refractivity contribution >= 4 is 0 Å². The maximum atomic E-state index is 12.4.